The molecular formula is C11H14O3. The molecule has 3 nitrogen and oxygen atoms in total. The van der Waals surface area contributed by atoms with Crippen molar-refractivity contribution < 1.29 is 14.6 Å². The number of phenolic OH excluding ortho intramolecular Hbond substituents is 1. The van der Waals surface area contributed by atoms with Crippen LogP contribution in [0.5, 0.6) is 17.2 Å². The molecule has 0 atom stereocenters. The highest BCUT2D eigenvalue weighted by atomic mass is 16.7. The van der Waals surface area contributed by atoms with Gasteiger partial charge in [0, 0.05) is 5.56 Å². The molecule has 0 saturated carbocycles. The van der Waals surface area contributed by atoms with Crippen molar-refractivity contribution in [2.45, 2.75) is 26.2 Å². The van der Waals surface area contributed by atoms with E-state index in [1.54, 1.807) is 12.1 Å². The van der Waals surface area contributed by atoms with Crippen molar-refractivity contribution in [1.29, 1.82) is 0 Å². The van der Waals surface area contributed by atoms with Gasteiger partial charge in [0.2, 0.25) is 6.79 Å². The molecule has 0 amide bonds. The minimum absolute atomic E-state index is 0.150. The van der Waals surface area contributed by atoms with Crippen LogP contribution in [0.15, 0.2) is 12.1 Å². The predicted octanol–water partition coefficient (Wildman–Crippen LogP) is 2.42. The van der Waals surface area contributed by atoms with Crippen LogP contribution in [-0.2, 0) is 5.41 Å². The maximum atomic E-state index is 9.77. The molecule has 1 N–H and O–H groups in total. The van der Waals surface area contributed by atoms with Crippen molar-refractivity contribution in [1.82, 2.24) is 0 Å². The van der Waals surface area contributed by atoms with E-state index in [1.807, 2.05) is 20.8 Å². The summed E-state index contributed by atoms with van der Waals surface area (Å²) in [5.74, 6) is 1.66. The lowest BCUT2D eigenvalue weighted by Crippen LogP contribution is -2.12. The first kappa shape index (κ1) is 9.19. The molecule has 1 aliphatic rings. The van der Waals surface area contributed by atoms with Crippen molar-refractivity contribution in [3.63, 3.8) is 0 Å². The molecular weight excluding hydrogens is 180 g/mol. The van der Waals surface area contributed by atoms with Gasteiger partial charge in [-0.05, 0) is 17.5 Å². The fraction of sp³-hybridized carbons (Fsp3) is 0.455. The van der Waals surface area contributed by atoms with Crippen LogP contribution in [0.25, 0.3) is 0 Å². The maximum Gasteiger partial charge on any atom is 0.231 e. The topological polar surface area (TPSA) is 38.7 Å². The van der Waals surface area contributed by atoms with Gasteiger partial charge in [-0.15, -0.1) is 0 Å². The summed E-state index contributed by atoms with van der Waals surface area (Å²) in [6, 6.07) is 3.38. The van der Waals surface area contributed by atoms with Crippen molar-refractivity contribution in [2.75, 3.05) is 6.79 Å². The highest BCUT2D eigenvalue weighted by molar-refractivity contribution is 5.57. The molecule has 0 aromatic heterocycles. The quantitative estimate of drug-likeness (QED) is 0.689. The summed E-state index contributed by atoms with van der Waals surface area (Å²) in [5.41, 5.74) is 0.663. The fourth-order valence-corrected chi connectivity index (χ4v) is 1.69. The molecule has 0 saturated heterocycles. The lowest BCUT2D eigenvalue weighted by molar-refractivity contribution is 0.172. The predicted molar refractivity (Wildman–Crippen MR) is 52.9 cm³/mol. The van der Waals surface area contributed by atoms with Crippen LogP contribution in [0.2, 0.25) is 0 Å². The largest absolute Gasteiger partial charge is 0.508 e. The molecule has 76 valence electrons. The summed E-state index contributed by atoms with van der Waals surface area (Å²) in [6.45, 7) is 6.33. The van der Waals surface area contributed by atoms with Crippen LogP contribution >= 0.6 is 0 Å². The van der Waals surface area contributed by atoms with Gasteiger partial charge in [0.05, 0.1) is 0 Å². The Labute approximate surface area is 83.3 Å². The van der Waals surface area contributed by atoms with Crippen LogP contribution in [-0.4, -0.2) is 11.9 Å². The number of aromatic hydroxyl groups is 1. The standard InChI is InChI=1S/C11H14O3/c1-11(2,3)9-7(12)4-5-8-10(9)14-6-13-8/h4-5,12H,6H2,1-3H3. The van der Waals surface area contributed by atoms with Gasteiger partial charge in [-0.25, -0.2) is 0 Å². The van der Waals surface area contributed by atoms with Crippen molar-refractivity contribution in [3.05, 3.63) is 17.7 Å². The van der Waals surface area contributed by atoms with Crippen LogP contribution in [0.1, 0.15) is 26.3 Å². The number of ether oxygens (including phenoxy) is 2. The molecule has 1 aromatic rings. The molecule has 0 radical (unpaired) electrons. The van der Waals surface area contributed by atoms with Gasteiger partial charge in [-0.1, -0.05) is 20.8 Å². The fourth-order valence-electron chi connectivity index (χ4n) is 1.69. The van der Waals surface area contributed by atoms with Crippen molar-refractivity contribution >= 4 is 0 Å². The van der Waals surface area contributed by atoms with E-state index in [0.29, 0.717) is 11.5 Å². The van der Waals surface area contributed by atoms with E-state index in [4.69, 9.17) is 9.47 Å². The van der Waals surface area contributed by atoms with Gasteiger partial charge < -0.3 is 14.6 Å². The first-order chi connectivity index (χ1) is 6.50. The Morgan fingerprint density at radius 2 is 1.93 bits per heavy atom. The Balaban J connectivity index is 2.63. The molecule has 0 spiro atoms. The number of benzene rings is 1. The Hall–Kier alpha value is -1.38. The SMILES string of the molecule is CC(C)(C)c1c(O)ccc2c1OCO2. The number of hydrogen-bond donors (Lipinski definition) is 1. The third kappa shape index (κ3) is 1.29. The molecule has 3 heteroatoms. The second-order valence-electron chi connectivity index (χ2n) is 4.44. The molecule has 2 rings (SSSR count). The first-order valence-electron chi connectivity index (χ1n) is 4.62. The average molecular weight is 194 g/mol. The smallest absolute Gasteiger partial charge is 0.231 e. The summed E-state index contributed by atoms with van der Waals surface area (Å²) < 4.78 is 10.6. The van der Waals surface area contributed by atoms with Crippen LogP contribution in [0, 0.1) is 0 Å². The number of fused-ring (bicyclic) bond motifs is 1. The number of rotatable bonds is 0. The minimum atomic E-state index is -0.150. The van der Waals surface area contributed by atoms with Gasteiger partial charge in [-0.2, -0.15) is 0 Å². The Morgan fingerprint density at radius 3 is 2.57 bits per heavy atom. The van der Waals surface area contributed by atoms with Crippen LogP contribution in [0.4, 0.5) is 0 Å². The van der Waals surface area contributed by atoms with E-state index >= 15 is 0 Å². The van der Waals surface area contributed by atoms with Gasteiger partial charge in [0.15, 0.2) is 11.5 Å². The second-order valence-corrected chi connectivity index (χ2v) is 4.44. The molecule has 1 aliphatic heterocycles. The van der Waals surface area contributed by atoms with E-state index in [0.717, 1.165) is 5.56 Å². The Kier molecular flexibility index (Phi) is 1.84. The third-order valence-corrected chi connectivity index (χ3v) is 2.27. The van der Waals surface area contributed by atoms with Gasteiger partial charge >= 0.3 is 0 Å². The van der Waals surface area contributed by atoms with Crippen molar-refractivity contribution in [2.24, 2.45) is 0 Å². The molecule has 0 fully saturated rings. The molecule has 0 unspecified atom stereocenters. The molecule has 1 aromatic carbocycles. The van der Waals surface area contributed by atoms with Crippen molar-refractivity contribution in [3.8, 4) is 17.2 Å². The lowest BCUT2D eigenvalue weighted by Gasteiger charge is -2.21. The number of hydrogen-bond acceptors (Lipinski definition) is 3. The zero-order valence-electron chi connectivity index (χ0n) is 8.63. The molecule has 1 heterocycles. The maximum absolute atomic E-state index is 9.77. The molecule has 14 heavy (non-hydrogen) atoms. The second kappa shape index (κ2) is 2.80. The summed E-state index contributed by atoms with van der Waals surface area (Å²) in [6.07, 6.45) is 0. The summed E-state index contributed by atoms with van der Waals surface area (Å²) in [4.78, 5) is 0. The zero-order chi connectivity index (χ0) is 10.3. The van der Waals surface area contributed by atoms with E-state index in [2.05, 4.69) is 0 Å². The van der Waals surface area contributed by atoms with E-state index in [1.165, 1.54) is 0 Å². The Morgan fingerprint density at radius 1 is 1.21 bits per heavy atom. The average Bonchev–Trinajstić information content (AvgIpc) is 2.48. The van der Waals surface area contributed by atoms with Gasteiger partial charge in [0.25, 0.3) is 0 Å². The minimum Gasteiger partial charge on any atom is -0.508 e. The normalized spacial score (nSPS) is 14.5. The summed E-state index contributed by atoms with van der Waals surface area (Å²) in [7, 11) is 0. The highest BCUT2D eigenvalue weighted by Crippen LogP contribution is 2.45. The molecule has 0 bridgehead atoms. The zero-order valence-corrected chi connectivity index (χ0v) is 8.63. The summed E-state index contributed by atoms with van der Waals surface area (Å²) >= 11 is 0. The monoisotopic (exact) mass is 194 g/mol. The van der Waals surface area contributed by atoms with E-state index in [-0.39, 0.29) is 18.0 Å². The van der Waals surface area contributed by atoms with E-state index in [9.17, 15) is 5.11 Å². The van der Waals surface area contributed by atoms with Crippen LogP contribution < -0.4 is 9.47 Å². The van der Waals surface area contributed by atoms with Gasteiger partial charge in [0.1, 0.15) is 5.75 Å². The summed E-state index contributed by atoms with van der Waals surface area (Å²) in [5, 5.41) is 9.77. The third-order valence-electron chi connectivity index (χ3n) is 2.27. The van der Waals surface area contributed by atoms with Crippen LogP contribution in [0.3, 0.4) is 0 Å². The lowest BCUT2D eigenvalue weighted by atomic mass is 9.85. The first-order valence-corrected chi connectivity index (χ1v) is 4.62. The van der Waals surface area contributed by atoms with Gasteiger partial charge in [-0.3, -0.25) is 0 Å². The highest BCUT2D eigenvalue weighted by Gasteiger charge is 2.28. The molecule has 0 aliphatic carbocycles. The van der Waals surface area contributed by atoms with E-state index < -0.39 is 0 Å². The Bertz CT molecular complexity index is 364. The number of phenols is 1.